The first-order valence-corrected chi connectivity index (χ1v) is 10.3. The molecule has 1 N–H and O–H groups in total. The second kappa shape index (κ2) is 9.51. The number of carbonyl (C=O) groups is 1. The van der Waals surface area contributed by atoms with E-state index in [0.29, 0.717) is 10.9 Å². The van der Waals surface area contributed by atoms with E-state index in [4.69, 9.17) is 0 Å². The molecule has 3 aromatic rings. The number of hydrogen-bond acceptors (Lipinski definition) is 4. The number of rotatable bonds is 7. The number of amides is 1. The Hall–Kier alpha value is -2.66. The molecular weight excluding hydrogens is 366 g/mol. The third kappa shape index (κ3) is 5.42. The molecule has 0 spiro atoms. The van der Waals surface area contributed by atoms with Crippen LogP contribution in [0.5, 0.6) is 0 Å². The SMILES string of the molecule is Cc1nc(SCC(=O)N[C@H](Cc2ccccc2)c2ccccc2)nc(C)c1C. The van der Waals surface area contributed by atoms with Crippen LogP contribution in [0.3, 0.4) is 0 Å². The predicted molar refractivity (Wildman–Crippen MR) is 114 cm³/mol. The molecule has 2 aromatic carbocycles. The Morgan fingerprint density at radius 2 is 1.50 bits per heavy atom. The Bertz CT molecular complexity index is 906. The summed E-state index contributed by atoms with van der Waals surface area (Å²) in [6.45, 7) is 5.96. The Morgan fingerprint density at radius 3 is 2.11 bits per heavy atom. The minimum Gasteiger partial charge on any atom is -0.348 e. The largest absolute Gasteiger partial charge is 0.348 e. The lowest BCUT2D eigenvalue weighted by Gasteiger charge is -2.19. The van der Waals surface area contributed by atoms with Gasteiger partial charge >= 0.3 is 0 Å². The third-order valence-electron chi connectivity index (χ3n) is 4.76. The topological polar surface area (TPSA) is 54.9 Å². The van der Waals surface area contributed by atoms with E-state index in [1.165, 1.54) is 17.3 Å². The zero-order valence-corrected chi connectivity index (χ0v) is 17.3. The van der Waals surface area contributed by atoms with E-state index in [0.717, 1.165) is 28.9 Å². The molecule has 4 nitrogen and oxygen atoms in total. The van der Waals surface area contributed by atoms with Gasteiger partial charge in [-0.25, -0.2) is 9.97 Å². The molecule has 5 heteroatoms. The average molecular weight is 392 g/mol. The van der Waals surface area contributed by atoms with Gasteiger partial charge in [0, 0.05) is 11.4 Å². The maximum absolute atomic E-state index is 12.6. The first-order valence-electron chi connectivity index (χ1n) is 9.36. The van der Waals surface area contributed by atoms with Crippen molar-refractivity contribution in [2.24, 2.45) is 0 Å². The van der Waals surface area contributed by atoms with Gasteiger partial charge in [0.2, 0.25) is 5.91 Å². The molecule has 1 amide bonds. The standard InChI is InChI=1S/C23H25N3OS/c1-16-17(2)24-23(25-18(16)3)28-15-22(27)26-21(20-12-8-5-9-13-20)14-19-10-6-4-7-11-19/h4-13,21H,14-15H2,1-3H3,(H,26,27)/t21-/m1/s1. The predicted octanol–water partition coefficient (Wildman–Crippen LogP) is 4.59. The number of benzene rings is 2. The number of nitrogens with one attached hydrogen (secondary N) is 1. The number of aryl methyl sites for hydroxylation is 2. The molecule has 0 unspecified atom stereocenters. The molecule has 28 heavy (non-hydrogen) atoms. The molecule has 3 rings (SSSR count). The first-order chi connectivity index (χ1) is 13.5. The molecule has 0 saturated carbocycles. The van der Waals surface area contributed by atoms with Crippen LogP contribution in [0.25, 0.3) is 0 Å². The van der Waals surface area contributed by atoms with E-state index in [9.17, 15) is 4.79 Å². The normalized spacial score (nSPS) is 11.8. The Morgan fingerprint density at radius 1 is 0.929 bits per heavy atom. The second-order valence-corrected chi connectivity index (χ2v) is 7.75. The maximum atomic E-state index is 12.6. The summed E-state index contributed by atoms with van der Waals surface area (Å²) in [4.78, 5) is 21.6. The number of hydrogen-bond donors (Lipinski definition) is 1. The van der Waals surface area contributed by atoms with Gasteiger partial charge in [0.05, 0.1) is 11.8 Å². The van der Waals surface area contributed by atoms with Crippen molar-refractivity contribution in [3.63, 3.8) is 0 Å². The summed E-state index contributed by atoms with van der Waals surface area (Å²) in [5.41, 5.74) is 5.31. The summed E-state index contributed by atoms with van der Waals surface area (Å²) < 4.78 is 0. The van der Waals surface area contributed by atoms with Crippen LogP contribution >= 0.6 is 11.8 Å². The zero-order chi connectivity index (χ0) is 19.9. The van der Waals surface area contributed by atoms with Crippen LogP contribution in [-0.4, -0.2) is 21.6 Å². The van der Waals surface area contributed by atoms with Gasteiger partial charge in [-0.05, 0) is 43.9 Å². The fraction of sp³-hybridized carbons (Fsp3) is 0.261. The van der Waals surface area contributed by atoms with Crippen LogP contribution in [0.4, 0.5) is 0 Å². The lowest BCUT2D eigenvalue weighted by atomic mass is 9.99. The van der Waals surface area contributed by atoms with Gasteiger partial charge in [-0.1, -0.05) is 72.4 Å². The minimum absolute atomic E-state index is 0.0192. The number of nitrogens with zero attached hydrogens (tertiary/aromatic N) is 2. The molecule has 0 aliphatic carbocycles. The van der Waals surface area contributed by atoms with Gasteiger partial charge in [-0.2, -0.15) is 0 Å². The van der Waals surface area contributed by atoms with Crippen LogP contribution in [0.15, 0.2) is 65.8 Å². The Balaban J connectivity index is 1.67. The van der Waals surface area contributed by atoms with E-state index in [-0.39, 0.29) is 11.9 Å². The second-order valence-electron chi connectivity index (χ2n) is 6.81. The maximum Gasteiger partial charge on any atom is 0.230 e. The highest BCUT2D eigenvalue weighted by atomic mass is 32.2. The highest BCUT2D eigenvalue weighted by Gasteiger charge is 2.16. The van der Waals surface area contributed by atoms with Crippen molar-refractivity contribution in [2.75, 3.05) is 5.75 Å². The molecule has 1 atom stereocenters. The molecular formula is C23H25N3OS. The Kier molecular flexibility index (Phi) is 6.82. The lowest BCUT2D eigenvalue weighted by molar-refractivity contribution is -0.119. The van der Waals surface area contributed by atoms with Gasteiger partial charge in [0.15, 0.2) is 5.16 Å². The zero-order valence-electron chi connectivity index (χ0n) is 16.5. The number of aromatic nitrogens is 2. The van der Waals surface area contributed by atoms with Crippen LogP contribution < -0.4 is 5.32 Å². The van der Waals surface area contributed by atoms with Crippen LogP contribution in [0.1, 0.15) is 34.1 Å². The summed E-state index contributed by atoms with van der Waals surface area (Å²) in [6, 6.07) is 20.2. The molecule has 0 radical (unpaired) electrons. The summed E-state index contributed by atoms with van der Waals surface area (Å²) in [7, 11) is 0. The summed E-state index contributed by atoms with van der Waals surface area (Å²) in [6.07, 6.45) is 0.751. The van der Waals surface area contributed by atoms with E-state index in [1.54, 1.807) is 0 Å². The van der Waals surface area contributed by atoms with E-state index in [1.807, 2.05) is 57.2 Å². The summed E-state index contributed by atoms with van der Waals surface area (Å²) >= 11 is 1.37. The van der Waals surface area contributed by atoms with Crippen molar-refractivity contribution >= 4 is 17.7 Å². The molecule has 144 valence electrons. The van der Waals surface area contributed by atoms with Gasteiger partial charge < -0.3 is 5.32 Å². The first kappa shape index (κ1) is 20.1. The molecule has 0 saturated heterocycles. The molecule has 0 aliphatic heterocycles. The lowest BCUT2D eigenvalue weighted by Crippen LogP contribution is -2.31. The van der Waals surface area contributed by atoms with Crippen LogP contribution in [-0.2, 0) is 11.2 Å². The van der Waals surface area contributed by atoms with Crippen molar-refractivity contribution in [2.45, 2.75) is 38.4 Å². The quantitative estimate of drug-likeness (QED) is 0.473. The minimum atomic E-state index is -0.0703. The smallest absolute Gasteiger partial charge is 0.230 e. The highest BCUT2D eigenvalue weighted by molar-refractivity contribution is 7.99. The van der Waals surface area contributed by atoms with Crippen LogP contribution in [0, 0.1) is 20.8 Å². The van der Waals surface area contributed by atoms with Crippen molar-refractivity contribution in [3.05, 3.63) is 88.7 Å². The fourth-order valence-electron chi connectivity index (χ4n) is 2.96. The monoisotopic (exact) mass is 391 g/mol. The van der Waals surface area contributed by atoms with Gasteiger partial charge in [0.25, 0.3) is 0 Å². The molecule has 1 aromatic heterocycles. The fourth-order valence-corrected chi connectivity index (χ4v) is 3.71. The highest BCUT2D eigenvalue weighted by Crippen LogP contribution is 2.20. The average Bonchev–Trinajstić information content (AvgIpc) is 2.71. The van der Waals surface area contributed by atoms with E-state index >= 15 is 0 Å². The van der Waals surface area contributed by atoms with E-state index in [2.05, 4.69) is 39.6 Å². The van der Waals surface area contributed by atoms with Gasteiger partial charge in [-0.15, -0.1) is 0 Å². The number of carbonyl (C=O) groups excluding carboxylic acids is 1. The summed E-state index contributed by atoms with van der Waals surface area (Å²) in [5.74, 6) is 0.273. The van der Waals surface area contributed by atoms with E-state index < -0.39 is 0 Å². The number of thioether (sulfide) groups is 1. The van der Waals surface area contributed by atoms with Crippen molar-refractivity contribution in [3.8, 4) is 0 Å². The molecule has 0 aliphatic rings. The summed E-state index contributed by atoms with van der Waals surface area (Å²) in [5, 5.41) is 3.83. The van der Waals surface area contributed by atoms with Gasteiger partial charge in [-0.3, -0.25) is 4.79 Å². The van der Waals surface area contributed by atoms with Crippen molar-refractivity contribution < 1.29 is 4.79 Å². The third-order valence-corrected chi connectivity index (χ3v) is 5.61. The van der Waals surface area contributed by atoms with Crippen LogP contribution in [0.2, 0.25) is 0 Å². The molecule has 0 fully saturated rings. The van der Waals surface area contributed by atoms with Gasteiger partial charge in [0.1, 0.15) is 0 Å². The molecule has 0 bridgehead atoms. The molecule has 1 heterocycles. The van der Waals surface area contributed by atoms with Crippen molar-refractivity contribution in [1.82, 2.24) is 15.3 Å². The Labute approximate surface area is 170 Å². The van der Waals surface area contributed by atoms with Crippen molar-refractivity contribution in [1.29, 1.82) is 0 Å².